The Hall–Kier alpha value is -2.37. The second-order valence-electron chi connectivity index (χ2n) is 7.87. The van der Waals surface area contributed by atoms with Crippen LogP contribution in [-0.2, 0) is 16.1 Å². The molecule has 1 atom stereocenters. The maximum atomic E-state index is 13.0. The molecule has 0 radical (unpaired) electrons. The molecule has 2 aliphatic heterocycles. The Kier molecular flexibility index (Phi) is 5.88. The molecular weight excluding hydrogens is 386 g/mol. The second kappa shape index (κ2) is 8.56. The van der Waals surface area contributed by atoms with Crippen LogP contribution in [0.1, 0.15) is 17.5 Å². The standard InChI is InChI=1S/C23H26ClN3O2/c1-17-7-8-21(20(24)15-17)27-10-9-19(23(27)29)22(28)26-13-11-25(12-14-26)16-18-5-3-2-4-6-18/h2-8,15,19H,9-14,16H2,1H3/t19-/m1/s1. The molecule has 2 aromatic rings. The molecule has 0 bridgehead atoms. The highest BCUT2D eigenvalue weighted by Crippen LogP contribution is 2.32. The lowest BCUT2D eigenvalue weighted by atomic mass is 10.1. The van der Waals surface area contributed by atoms with Crippen LogP contribution in [0.25, 0.3) is 0 Å². The molecule has 0 aromatic heterocycles. The fourth-order valence-corrected chi connectivity index (χ4v) is 4.50. The van der Waals surface area contributed by atoms with Crippen molar-refractivity contribution in [1.82, 2.24) is 9.80 Å². The van der Waals surface area contributed by atoms with Gasteiger partial charge in [-0.05, 0) is 36.6 Å². The Balaban J connectivity index is 1.35. The van der Waals surface area contributed by atoms with E-state index in [0.29, 0.717) is 36.8 Å². The maximum Gasteiger partial charge on any atom is 0.239 e. The number of hydrogen-bond donors (Lipinski definition) is 0. The molecule has 0 aliphatic carbocycles. The molecule has 0 N–H and O–H groups in total. The molecule has 5 nitrogen and oxygen atoms in total. The van der Waals surface area contributed by atoms with Crippen LogP contribution < -0.4 is 4.90 Å². The number of nitrogens with zero attached hydrogens (tertiary/aromatic N) is 3. The van der Waals surface area contributed by atoms with Gasteiger partial charge in [-0.3, -0.25) is 14.5 Å². The summed E-state index contributed by atoms with van der Waals surface area (Å²) >= 11 is 6.34. The van der Waals surface area contributed by atoms with E-state index in [2.05, 4.69) is 17.0 Å². The predicted molar refractivity (Wildman–Crippen MR) is 115 cm³/mol. The number of carbonyl (C=O) groups excluding carboxylic acids is 2. The van der Waals surface area contributed by atoms with E-state index in [9.17, 15) is 9.59 Å². The lowest BCUT2D eigenvalue weighted by Gasteiger charge is -2.35. The van der Waals surface area contributed by atoms with E-state index in [4.69, 9.17) is 11.6 Å². The van der Waals surface area contributed by atoms with Gasteiger partial charge in [0.15, 0.2) is 0 Å². The van der Waals surface area contributed by atoms with E-state index in [1.807, 2.05) is 48.2 Å². The van der Waals surface area contributed by atoms with E-state index >= 15 is 0 Å². The van der Waals surface area contributed by atoms with E-state index in [1.54, 1.807) is 4.90 Å². The number of amides is 2. The van der Waals surface area contributed by atoms with E-state index in [0.717, 1.165) is 25.2 Å². The Labute approximate surface area is 176 Å². The third kappa shape index (κ3) is 4.31. The Morgan fingerprint density at radius 2 is 1.76 bits per heavy atom. The number of rotatable bonds is 4. The van der Waals surface area contributed by atoms with Crippen LogP contribution in [0.5, 0.6) is 0 Å². The van der Waals surface area contributed by atoms with Crippen molar-refractivity contribution in [1.29, 1.82) is 0 Å². The number of aryl methyl sites for hydroxylation is 1. The summed E-state index contributed by atoms with van der Waals surface area (Å²) in [6.45, 7) is 6.38. The summed E-state index contributed by atoms with van der Waals surface area (Å²) < 4.78 is 0. The van der Waals surface area contributed by atoms with Gasteiger partial charge in [0.25, 0.3) is 0 Å². The molecule has 2 amide bonds. The summed E-state index contributed by atoms with van der Waals surface area (Å²) in [5.74, 6) is -0.763. The molecule has 2 aromatic carbocycles. The summed E-state index contributed by atoms with van der Waals surface area (Å²) in [6, 6.07) is 16.0. The monoisotopic (exact) mass is 411 g/mol. The SMILES string of the molecule is Cc1ccc(N2CC[C@H](C(=O)N3CCN(Cc4ccccc4)CC3)C2=O)c(Cl)c1. The first-order valence-corrected chi connectivity index (χ1v) is 10.5. The minimum atomic E-state index is -0.590. The Bertz CT molecular complexity index is 894. The number of piperazine rings is 1. The fraction of sp³-hybridized carbons (Fsp3) is 0.391. The van der Waals surface area contributed by atoms with Gasteiger partial charge in [0.2, 0.25) is 11.8 Å². The number of anilines is 1. The van der Waals surface area contributed by atoms with Crippen molar-refractivity contribution in [3.8, 4) is 0 Å². The first-order chi connectivity index (χ1) is 14.0. The molecular formula is C23H26ClN3O2. The first kappa shape index (κ1) is 19.9. The molecule has 29 heavy (non-hydrogen) atoms. The van der Waals surface area contributed by atoms with E-state index in [1.165, 1.54) is 5.56 Å². The highest BCUT2D eigenvalue weighted by Gasteiger charge is 2.40. The van der Waals surface area contributed by atoms with Gasteiger partial charge in [-0.1, -0.05) is 48.0 Å². The Morgan fingerprint density at radius 3 is 2.45 bits per heavy atom. The average molecular weight is 412 g/mol. The van der Waals surface area contributed by atoms with E-state index < -0.39 is 5.92 Å². The summed E-state index contributed by atoms with van der Waals surface area (Å²) in [5.41, 5.74) is 3.03. The molecule has 0 saturated carbocycles. The van der Waals surface area contributed by atoms with Gasteiger partial charge >= 0.3 is 0 Å². The van der Waals surface area contributed by atoms with Crippen LogP contribution in [0, 0.1) is 12.8 Å². The zero-order valence-corrected chi connectivity index (χ0v) is 17.4. The second-order valence-corrected chi connectivity index (χ2v) is 8.28. The van der Waals surface area contributed by atoms with Crippen molar-refractivity contribution in [2.24, 2.45) is 5.92 Å². The van der Waals surface area contributed by atoms with Gasteiger partial charge < -0.3 is 9.80 Å². The lowest BCUT2D eigenvalue weighted by Crippen LogP contribution is -2.51. The molecule has 2 aliphatic rings. The summed E-state index contributed by atoms with van der Waals surface area (Å²) in [7, 11) is 0. The summed E-state index contributed by atoms with van der Waals surface area (Å²) in [5, 5.41) is 0.556. The van der Waals surface area contributed by atoms with Crippen molar-refractivity contribution in [2.45, 2.75) is 19.9 Å². The van der Waals surface area contributed by atoms with Crippen molar-refractivity contribution < 1.29 is 9.59 Å². The topological polar surface area (TPSA) is 43.9 Å². The molecule has 4 rings (SSSR count). The van der Waals surface area contributed by atoms with Crippen LogP contribution in [-0.4, -0.2) is 54.3 Å². The van der Waals surface area contributed by atoms with Gasteiger partial charge in [-0.2, -0.15) is 0 Å². The summed E-state index contributed by atoms with van der Waals surface area (Å²) in [4.78, 5) is 31.8. The average Bonchev–Trinajstić information content (AvgIpc) is 3.10. The van der Waals surface area contributed by atoms with Crippen LogP contribution in [0.2, 0.25) is 5.02 Å². The third-order valence-electron chi connectivity index (χ3n) is 5.83. The van der Waals surface area contributed by atoms with Crippen molar-refractivity contribution in [2.75, 3.05) is 37.6 Å². The largest absolute Gasteiger partial charge is 0.339 e. The van der Waals surface area contributed by atoms with Gasteiger partial charge in [0.1, 0.15) is 5.92 Å². The van der Waals surface area contributed by atoms with Gasteiger partial charge in [0, 0.05) is 39.3 Å². The first-order valence-electron chi connectivity index (χ1n) is 10.2. The van der Waals surface area contributed by atoms with Crippen LogP contribution >= 0.6 is 11.6 Å². The highest BCUT2D eigenvalue weighted by atomic mass is 35.5. The highest BCUT2D eigenvalue weighted by molar-refractivity contribution is 6.34. The normalized spacial score (nSPS) is 20.3. The number of carbonyl (C=O) groups is 2. The molecule has 152 valence electrons. The number of hydrogen-bond acceptors (Lipinski definition) is 3. The van der Waals surface area contributed by atoms with Crippen molar-refractivity contribution in [3.63, 3.8) is 0 Å². The van der Waals surface area contributed by atoms with Crippen LogP contribution in [0.4, 0.5) is 5.69 Å². The molecule has 0 spiro atoms. The zero-order valence-electron chi connectivity index (χ0n) is 16.7. The van der Waals surface area contributed by atoms with Crippen LogP contribution in [0.3, 0.4) is 0 Å². The number of benzene rings is 2. The molecule has 6 heteroatoms. The fourth-order valence-electron chi connectivity index (χ4n) is 4.17. The quantitative estimate of drug-likeness (QED) is 0.725. The van der Waals surface area contributed by atoms with Gasteiger partial charge in [-0.15, -0.1) is 0 Å². The van der Waals surface area contributed by atoms with Crippen molar-refractivity contribution >= 4 is 29.1 Å². The van der Waals surface area contributed by atoms with Crippen LogP contribution in [0.15, 0.2) is 48.5 Å². The minimum absolute atomic E-state index is 0.0416. The lowest BCUT2D eigenvalue weighted by molar-refractivity contribution is -0.141. The van der Waals surface area contributed by atoms with E-state index in [-0.39, 0.29) is 11.8 Å². The Morgan fingerprint density at radius 1 is 1.03 bits per heavy atom. The van der Waals surface area contributed by atoms with Crippen molar-refractivity contribution in [3.05, 3.63) is 64.7 Å². The maximum absolute atomic E-state index is 13.0. The summed E-state index contributed by atoms with van der Waals surface area (Å²) in [6.07, 6.45) is 0.548. The number of halogens is 1. The minimum Gasteiger partial charge on any atom is -0.339 e. The zero-order chi connectivity index (χ0) is 20.4. The van der Waals surface area contributed by atoms with Gasteiger partial charge in [0.05, 0.1) is 10.7 Å². The predicted octanol–water partition coefficient (Wildman–Crippen LogP) is 3.35. The molecule has 2 heterocycles. The molecule has 2 fully saturated rings. The third-order valence-corrected chi connectivity index (χ3v) is 6.13. The molecule has 0 unspecified atom stereocenters. The smallest absolute Gasteiger partial charge is 0.239 e. The van der Waals surface area contributed by atoms with Gasteiger partial charge in [-0.25, -0.2) is 0 Å². The molecule has 2 saturated heterocycles.